The number of nitrogens with zero attached hydrogens (tertiary/aromatic N) is 3. The fourth-order valence-corrected chi connectivity index (χ4v) is 4.98. The molecule has 2 heterocycles. The number of alkyl halides is 3. The smallest absolute Gasteiger partial charge is 0.416 e. The largest absolute Gasteiger partial charge is 0.492 e. The predicted octanol–water partition coefficient (Wildman–Crippen LogP) is 5.94. The van der Waals surface area contributed by atoms with Crippen LogP contribution in [0.25, 0.3) is 0 Å². The number of hydrogen-bond donors (Lipinski definition) is 0. The van der Waals surface area contributed by atoms with Crippen LogP contribution in [0, 0.1) is 0 Å². The summed E-state index contributed by atoms with van der Waals surface area (Å²) in [5, 5.41) is 0. The fraction of sp³-hybridized carbons (Fsp3) is 0.571. The highest BCUT2D eigenvalue weighted by atomic mass is 19.4. The zero-order valence-corrected chi connectivity index (χ0v) is 22.0. The average molecular weight is 520 g/mol. The van der Waals surface area contributed by atoms with Gasteiger partial charge in [-0.05, 0) is 50.3 Å². The van der Waals surface area contributed by atoms with Crippen LogP contribution in [-0.4, -0.2) is 34.6 Å². The first kappa shape index (κ1) is 27.2. The second-order valence-corrected chi connectivity index (χ2v) is 10.9. The summed E-state index contributed by atoms with van der Waals surface area (Å²) in [4.78, 5) is 17.7. The van der Waals surface area contributed by atoms with Crippen LogP contribution in [0.3, 0.4) is 0 Å². The van der Waals surface area contributed by atoms with Crippen molar-refractivity contribution in [1.82, 2.24) is 9.36 Å². The number of carbonyl (C=O) groups is 1. The lowest BCUT2D eigenvalue weighted by Gasteiger charge is -2.21. The summed E-state index contributed by atoms with van der Waals surface area (Å²) >= 11 is 0. The second-order valence-electron chi connectivity index (χ2n) is 10.9. The number of hydrogen-bond acceptors (Lipinski definition) is 3. The SMILES string of the molecule is Cn1c(C(C)(C)C)c/c(=N\C(=O)c2cc(C(F)(F)F)ccc2OCCC2=CCCC2)n1C[C@H]1CCCO1. The Kier molecular flexibility index (Phi) is 8.02. The summed E-state index contributed by atoms with van der Waals surface area (Å²) in [5.74, 6) is -0.661. The van der Waals surface area contributed by atoms with Crippen LogP contribution in [0.1, 0.15) is 80.9 Å². The molecule has 1 amide bonds. The predicted molar refractivity (Wildman–Crippen MR) is 134 cm³/mol. The van der Waals surface area contributed by atoms with E-state index in [9.17, 15) is 18.0 Å². The Hall–Kier alpha value is -2.81. The highest BCUT2D eigenvalue weighted by Crippen LogP contribution is 2.33. The Morgan fingerprint density at radius 3 is 2.59 bits per heavy atom. The van der Waals surface area contributed by atoms with Crippen LogP contribution < -0.4 is 10.2 Å². The second kappa shape index (κ2) is 10.9. The van der Waals surface area contributed by atoms with E-state index < -0.39 is 17.6 Å². The van der Waals surface area contributed by atoms with Gasteiger partial charge in [-0.15, -0.1) is 0 Å². The van der Waals surface area contributed by atoms with Crippen LogP contribution in [0.15, 0.2) is 40.9 Å². The van der Waals surface area contributed by atoms with Gasteiger partial charge in [0, 0.05) is 37.3 Å². The summed E-state index contributed by atoms with van der Waals surface area (Å²) in [6.07, 6.45) is 3.28. The molecule has 1 atom stereocenters. The average Bonchev–Trinajstić information content (AvgIpc) is 3.57. The molecular formula is C28H36F3N3O3. The lowest BCUT2D eigenvalue weighted by atomic mass is 9.92. The maximum absolute atomic E-state index is 13.5. The molecule has 0 spiro atoms. The topological polar surface area (TPSA) is 57.8 Å². The molecule has 0 saturated carbocycles. The quantitative estimate of drug-likeness (QED) is 0.426. The van der Waals surface area contributed by atoms with Crippen LogP contribution >= 0.6 is 0 Å². The third kappa shape index (κ3) is 6.55. The van der Waals surface area contributed by atoms with Crippen molar-refractivity contribution < 1.29 is 27.4 Å². The Labute approximate surface area is 215 Å². The van der Waals surface area contributed by atoms with Crippen molar-refractivity contribution in [3.05, 3.63) is 58.2 Å². The molecular weight excluding hydrogens is 483 g/mol. The fourth-order valence-electron chi connectivity index (χ4n) is 4.98. The summed E-state index contributed by atoms with van der Waals surface area (Å²) < 4.78 is 56.0. The Morgan fingerprint density at radius 2 is 1.97 bits per heavy atom. The van der Waals surface area contributed by atoms with Gasteiger partial charge in [-0.3, -0.25) is 14.2 Å². The van der Waals surface area contributed by atoms with E-state index in [0.29, 0.717) is 25.1 Å². The van der Waals surface area contributed by atoms with Crippen LogP contribution in [0.5, 0.6) is 5.75 Å². The molecule has 2 aromatic rings. The monoisotopic (exact) mass is 519 g/mol. The van der Waals surface area contributed by atoms with Crippen molar-refractivity contribution in [2.75, 3.05) is 13.2 Å². The van der Waals surface area contributed by atoms with Gasteiger partial charge in [0.25, 0.3) is 5.91 Å². The van der Waals surface area contributed by atoms with E-state index in [2.05, 4.69) is 31.8 Å². The van der Waals surface area contributed by atoms with Gasteiger partial charge in [0.2, 0.25) is 0 Å². The molecule has 0 bridgehead atoms. The number of amides is 1. The normalized spacial score (nSPS) is 18.9. The van der Waals surface area contributed by atoms with Gasteiger partial charge >= 0.3 is 6.18 Å². The van der Waals surface area contributed by atoms with Gasteiger partial charge in [0.1, 0.15) is 5.75 Å². The molecule has 202 valence electrons. The maximum Gasteiger partial charge on any atom is 0.416 e. The first-order valence-electron chi connectivity index (χ1n) is 12.9. The number of halogens is 3. The van der Waals surface area contributed by atoms with Crippen molar-refractivity contribution in [3.8, 4) is 5.75 Å². The van der Waals surface area contributed by atoms with E-state index in [1.54, 1.807) is 0 Å². The standard InChI is InChI=1S/C28H36F3N3O3/c1-27(2,3)24-17-25(34(33(24)4)18-21-10-7-14-36-21)32-26(35)22-16-20(28(29,30)31)11-12-23(22)37-15-13-19-8-5-6-9-19/h8,11-12,16-17,21H,5-7,9-10,13-15,18H2,1-4H3/b32-25+/t21-/m1/s1. The summed E-state index contributed by atoms with van der Waals surface area (Å²) in [6, 6.07) is 4.83. The van der Waals surface area contributed by atoms with Crippen LogP contribution in [-0.2, 0) is 29.9 Å². The van der Waals surface area contributed by atoms with Crippen molar-refractivity contribution in [2.45, 2.75) is 83.5 Å². The van der Waals surface area contributed by atoms with Gasteiger partial charge in [0.05, 0.1) is 30.4 Å². The first-order chi connectivity index (χ1) is 17.4. The molecule has 0 N–H and O–H groups in total. The minimum Gasteiger partial charge on any atom is -0.492 e. The number of rotatable bonds is 7. The molecule has 9 heteroatoms. The number of benzene rings is 1. The van der Waals surface area contributed by atoms with E-state index in [-0.39, 0.29) is 29.4 Å². The molecule has 0 unspecified atom stereocenters. The maximum atomic E-state index is 13.5. The molecule has 1 aliphatic heterocycles. The van der Waals surface area contributed by atoms with Crippen molar-refractivity contribution in [3.63, 3.8) is 0 Å². The third-order valence-corrected chi connectivity index (χ3v) is 6.98. The molecule has 2 aliphatic rings. The zero-order chi connectivity index (χ0) is 26.8. The summed E-state index contributed by atoms with van der Waals surface area (Å²) in [5.41, 5.74) is 1.27. The minimum atomic E-state index is -4.59. The Bertz CT molecular complexity index is 1230. The van der Waals surface area contributed by atoms with E-state index in [4.69, 9.17) is 9.47 Å². The van der Waals surface area contributed by atoms with Gasteiger partial charge in [-0.25, -0.2) is 0 Å². The molecule has 6 nitrogen and oxygen atoms in total. The molecule has 1 aliphatic carbocycles. The molecule has 4 rings (SSSR count). The molecule has 1 aromatic carbocycles. The van der Waals surface area contributed by atoms with Crippen molar-refractivity contribution in [1.29, 1.82) is 0 Å². The molecule has 1 saturated heterocycles. The van der Waals surface area contributed by atoms with E-state index in [1.807, 2.05) is 22.5 Å². The van der Waals surface area contributed by atoms with Gasteiger partial charge < -0.3 is 9.47 Å². The molecule has 37 heavy (non-hydrogen) atoms. The van der Waals surface area contributed by atoms with Gasteiger partial charge in [-0.1, -0.05) is 32.4 Å². The third-order valence-electron chi connectivity index (χ3n) is 6.98. The Balaban J connectivity index is 1.71. The number of aromatic nitrogens is 2. The van der Waals surface area contributed by atoms with Gasteiger partial charge in [-0.2, -0.15) is 18.2 Å². The van der Waals surface area contributed by atoms with Crippen LogP contribution in [0.2, 0.25) is 0 Å². The van der Waals surface area contributed by atoms with Gasteiger partial charge in [0.15, 0.2) is 5.49 Å². The lowest BCUT2D eigenvalue weighted by molar-refractivity contribution is -0.137. The number of carbonyl (C=O) groups excluding carboxylic acids is 1. The lowest BCUT2D eigenvalue weighted by Crippen LogP contribution is -2.30. The van der Waals surface area contributed by atoms with Crippen LogP contribution in [0.4, 0.5) is 13.2 Å². The number of allylic oxidation sites excluding steroid dienone is 1. The van der Waals surface area contributed by atoms with Crippen molar-refractivity contribution in [2.24, 2.45) is 12.0 Å². The summed E-state index contributed by atoms with van der Waals surface area (Å²) in [6.45, 7) is 7.65. The molecule has 0 radical (unpaired) electrons. The number of ether oxygens (including phenoxy) is 2. The zero-order valence-electron chi connectivity index (χ0n) is 22.0. The van der Waals surface area contributed by atoms with E-state index >= 15 is 0 Å². The van der Waals surface area contributed by atoms with Crippen molar-refractivity contribution >= 4 is 5.91 Å². The Morgan fingerprint density at radius 1 is 1.19 bits per heavy atom. The molecule has 1 aromatic heterocycles. The highest BCUT2D eigenvalue weighted by Gasteiger charge is 2.32. The first-order valence-corrected chi connectivity index (χ1v) is 12.9. The summed E-state index contributed by atoms with van der Waals surface area (Å²) in [7, 11) is 1.90. The van der Waals surface area contributed by atoms with E-state index in [1.165, 1.54) is 11.6 Å². The van der Waals surface area contributed by atoms with E-state index in [0.717, 1.165) is 49.9 Å². The minimum absolute atomic E-state index is 0.00665. The molecule has 1 fully saturated rings. The highest BCUT2D eigenvalue weighted by molar-refractivity contribution is 5.97.